The second-order valence-electron chi connectivity index (χ2n) is 6.40. The second-order valence-corrected chi connectivity index (χ2v) is 9.33. The van der Waals surface area contributed by atoms with E-state index < -0.39 is 10.0 Å². The van der Waals surface area contributed by atoms with Crippen LogP contribution in [0.15, 0.2) is 71.6 Å². The smallest absolute Gasteiger partial charge is 0.261 e. The first-order valence-corrected chi connectivity index (χ1v) is 11.6. The number of carbonyl (C=O) groups excluding carboxylic acids is 1. The molecular weight excluding hydrogens is 483 g/mol. The number of anilines is 1. The molecule has 0 spiro atoms. The Bertz CT molecular complexity index is 1170. The Balaban J connectivity index is 1.53. The van der Waals surface area contributed by atoms with Crippen LogP contribution in [0.25, 0.3) is 0 Å². The minimum atomic E-state index is -3.83. The molecule has 0 saturated heterocycles. The number of hydrogen-bond acceptors (Lipinski definition) is 4. The minimum absolute atomic E-state index is 0.0260. The summed E-state index contributed by atoms with van der Waals surface area (Å²) >= 11 is 17.6. The molecule has 6 nitrogen and oxygen atoms in total. The molecule has 0 aromatic heterocycles. The zero-order valence-electron chi connectivity index (χ0n) is 15.9. The van der Waals surface area contributed by atoms with Gasteiger partial charge in [0.15, 0.2) is 6.61 Å². The fraction of sp³-hybridized carbons (Fsp3) is 0.0952. The maximum atomic E-state index is 12.5. The Morgan fingerprint density at radius 3 is 2.19 bits per heavy atom. The van der Waals surface area contributed by atoms with E-state index in [0.29, 0.717) is 22.3 Å². The number of hydrogen-bond donors (Lipinski definition) is 2. The lowest BCUT2D eigenvalue weighted by Gasteiger charge is -2.10. The van der Waals surface area contributed by atoms with Crippen LogP contribution in [0.2, 0.25) is 15.1 Å². The quantitative estimate of drug-likeness (QED) is 0.449. The van der Waals surface area contributed by atoms with Crippen molar-refractivity contribution in [1.29, 1.82) is 0 Å². The van der Waals surface area contributed by atoms with Gasteiger partial charge in [-0.25, -0.2) is 8.42 Å². The summed E-state index contributed by atoms with van der Waals surface area (Å²) in [6.45, 7) is 0.137. The maximum Gasteiger partial charge on any atom is 0.261 e. The van der Waals surface area contributed by atoms with E-state index in [1.165, 1.54) is 42.5 Å². The highest BCUT2D eigenvalue weighted by Gasteiger charge is 2.15. The van der Waals surface area contributed by atoms with E-state index in [1.807, 2.05) is 12.1 Å². The molecule has 0 unspecified atom stereocenters. The highest BCUT2D eigenvalue weighted by atomic mass is 35.5. The first kappa shape index (κ1) is 23.2. The maximum absolute atomic E-state index is 12.5. The van der Waals surface area contributed by atoms with Crippen molar-refractivity contribution in [1.82, 2.24) is 5.32 Å². The van der Waals surface area contributed by atoms with Gasteiger partial charge in [0.25, 0.3) is 15.9 Å². The molecule has 0 atom stereocenters. The predicted molar refractivity (Wildman–Crippen MR) is 123 cm³/mol. The molecule has 0 fully saturated rings. The Morgan fingerprint density at radius 2 is 1.55 bits per heavy atom. The van der Waals surface area contributed by atoms with Crippen LogP contribution in [0.1, 0.15) is 5.56 Å². The molecule has 31 heavy (non-hydrogen) atoms. The lowest BCUT2D eigenvalue weighted by Crippen LogP contribution is -2.28. The van der Waals surface area contributed by atoms with Crippen LogP contribution < -0.4 is 14.8 Å². The number of nitrogens with one attached hydrogen (secondary N) is 2. The molecule has 3 aromatic rings. The van der Waals surface area contributed by atoms with Crippen molar-refractivity contribution in [2.75, 3.05) is 11.3 Å². The number of ether oxygens (including phenoxy) is 1. The van der Waals surface area contributed by atoms with Crippen molar-refractivity contribution >= 4 is 56.4 Å². The van der Waals surface area contributed by atoms with Gasteiger partial charge in [0.2, 0.25) is 0 Å². The van der Waals surface area contributed by atoms with Gasteiger partial charge in [-0.3, -0.25) is 9.52 Å². The number of sulfonamides is 1. The van der Waals surface area contributed by atoms with Crippen molar-refractivity contribution < 1.29 is 17.9 Å². The van der Waals surface area contributed by atoms with E-state index in [-0.39, 0.29) is 28.1 Å². The molecule has 2 N–H and O–H groups in total. The van der Waals surface area contributed by atoms with Crippen molar-refractivity contribution in [3.8, 4) is 5.75 Å². The van der Waals surface area contributed by atoms with Crippen LogP contribution in [-0.4, -0.2) is 20.9 Å². The molecule has 0 aliphatic heterocycles. The number of rotatable bonds is 8. The molecule has 0 saturated carbocycles. The monoisotopic (exact) mass is 498 g/mol. The molecule has 0 heterocycles. The Morgan fingerprint density at radius 1 is 0.871 bits per heavy atom. The third-order valence-electron chi connectivity index (χ3n) is 4.08. The standard InChI is InChI=1S/C21H17Cl3N2O4S/c22-15-3-1-14(2-4-15)12-25-21(27)13-30-17-6-8-18(9-7-17)31(28,29)26-16-5-10-19(23)20(24)11-16/h1-11,26H,12-13H2,(H,25,27). The van der Waals surface area contributed by atoms with Gasteiger partial charge in [-0.05, 0) is 60.2 Å². The third kappa shape index (κ3) is 6.77. The normalized spacial score (nSPS) is 11.1. The first-order valence-electron chi connectivity index (χ1n) is 8.95. The number of benzene rings is 3. The summed E-state index contributed by atoms with van der Waals surface area (Å²) in [5, 5.41) is 3.91. The average molecular weight is 500 g/mol. The largest absolute Gasteiger partial charge is 0.484 e. The van der Waals surface area contributed by atoms with Gasteiger partial charge in [0.05, 0.1) is 20.6 Å². The van der Waals surface area contributed by atoms with E-state index >= 15 is 0 Å². The highest BCUT2D eigenvalue weighted by Crippen LogP contribution is 2.27. The second kappa shape index (κ2) is 10.2. The van der Waals surface area contributed by atoms with Gasteiger partial charge < -0.3 is 10.1 Å². The third-order valence-corrected chi connectivity index (χ3v) is 6.47. The molecule has 0 radical (unpaired) electrons. The van der Waals surface area contributed by atoms with E-state index in [0.717, 1.165) is 5.56 Å². The zero-order valence-corrected chi connectivity index (χ0v) is 19.0. The Hall–Kier alpha value is -2.45. The molecule has 162 valence electrons. The van der Waals surface area contributed by atoms with Crippen LogP contribution in [0, 0.1) is 0 Å². The number of amides is 1. The van der Waals surface area contributed by atoms with Crippen LogP contribution in [-0.2, 0) is 21.4 Å². The molecule has 0 bridgehead atoms. The van der Waals surface area contributed by atoms with Crippen LogP contribution in [0.5, 0.6) is 5.75 Å². The number of carbonyl (C=O) groups is 1. The van der Waals surface area contributed by atoms with Gasteiger partial charge in [-0.1, -0.05) is 46.9 Å². The minimum Gasteiger partial charge on any atom is -0.484 e. The Labute approximate surface area is 195 Å². The summed E-state index contributed by atoms with van der Waals surface area (Å²) in [5.41, 5.74) is 1.19. The SMILES string of the molecule is O=C(COc1ccc(S(=O)(=O)Nc2ccc(Cl)c(Cl)c2)cc1)NCc1ccc(Cl)cc1. The number of halogens is 3. The lowest BCUT2D eigenvalue weighted by molar-refractivity contribution is -0.123. The van der Waals surface area contributed by atoms with Crippen molar-refractivity contribution in [2.45, 2.75) is 11.4 Å². The summed E-state index contributed by atoms with van der Waals surface area (Å²) in [6, 6.07) is 17.2. The van der Waals surface area contributed by atoms with Gasteiger partial charge in [0.1, 0.15) is 5.75 Å². The van der Waals surface area contributed by atoms with E-state index in [4.69, 9.17) is 39.5 Å². The zero-order chi connectivity index (χ0) is 22.4. The van der Waals surface area contributed by atoms with Gasteiger partial charge in [0, 0.05) is 11.6 Å². The van der Waals surface area contributed by atoms with Crippen LogP contribution in [0.3, 0.4) is 0 Å². The molecule has 0 aliphatic rings. The molecule has 0 aliphatic carbocycles. The summed E-state index contributed by atoms with van der Waals surface area (Å²) in [6.07, 6.45) is 0. The fourth-order valence-corrected chi connectivity index (χ4v) is 3.97. The molecule has 1 amide bonds. The van der Waals surface area contributed by atoms with Crippen molar-refractivity contribution in [3.05, 3.63) is 87.4 Å². The molecule has 3 rings (SSSR count). The molecule has 10 heteroatoms. The van der Waals surface area contributed by atoms with E-state index in [2.05, 4.69) is 10.0 Å². The van der Waals surface area contributed by atoms with Gasteiger partial charge in [-0.15, -0.1) is 0 Å². The highest BCUT2D eigenvalue weighted by molar-refractivity contribution is 7.92. The predicted octanol–water partition coefficient (Wildman–Crippen LogP) is 5.14. The topological polar surface area (TPSA) is 84.5 Å². The average Bonchev–Trinajstić information content (AvgIpc) is 2.74. The van der Waals surface area contributed by atoms with Crippen LogP contribution >= 0.6 is 34.8 Å². The lowest BCUT2D eigenvalue weighted by atomic mass is 10.2. The summed E-state index contributed by atoms with van der Waals surface area (Å²) in [5.74, 6) is 0.0445. The molecule has 3 aromatic carbocycles. The van der Waals surface area contributed by atoms with Gasteiger partial charge in [-0.2, -0.15) is 0 Å². The van der Waals surface area contributed by atoms with Crippen molar-refractivity contribution in [3.63, 3.8) is 0 Å². The first-order chi connectivity index (χ1) is 14.7. The summed E-state index contributed by atoms with van der Waals surface area (Å²) in [7, 11) is -3.83. The van der Waals surface area contributed by atoms with Gasteiger partial charge >= 0.3 is 0 Å². The summed E-state index contributed by atoms with van der Waals surface area (Å²) < 4.78 is 32.9. The summed E-state index contributed by atoms with van der Waals surface area (Å²) in [4.78, 5) is 12.0. The fourth-order valence-electron chi connectivity index (χ4n) is 2.49. The van der Waals surface area contributed by atoms with E-state index in [9.17, 15) is 13.2 Å². The van der Waals surface area contributed by atoms with Crippen molar-refractivity contribution in [2.24, 2.45) is 0 Å². The van der Waals surface area contributed by atoms with E-state index in [1.54, 1.807) is 12.1 Å². The van der Waals surface area contributed by atoms with Crippen LogP contribution in [0.4, 0.5) is 5.69 Å². The Kier molecular flexibility index (Phi) is 7.67. The molecular formula is C21H17Cl3N2O4S.